The SMILES string of the molecule is Cc1ccc(Cc2c(C)nc3nc(SCc4c(F)cccc4Cl)nn3c2C)cc1. The summed E-state index contributed by atoms with van der Waals surface area (Å²) in [6.45, 7) is 6.11. The Kier molecular flexibility index (Phi) is 5.56. The van der Waals surface area contributed by atoms with Gasteiger partial charge in [0.1, 0.15) is 5.82 Å². The van der Waals surface area contributed by atoms with Crippen LogP contribution in [0.3, 0.4) is 0 Å². The van der Waals surface area contributed by atoms with Crippen molar-refractivity contribution < 1.29 is 4.39 Å². The molecule has 2 aromatic heterocycles. The van der Waals surface area contributed by atoms with E-state index >= 15 is 0 Å². The van der Waals surface area contributed by atoms with Gasteiger partial charge in [0.15, 0.2) is 0 Å². The molecule has 148 valence electrons. The van der Waals surface area contributed by atoms with Crippen LogP contribution in [0, 0.1) is 26.6 Å². The van der Waals surface area contributed by atoms with Crippen LogP contribution >= 0.6 is 23.4 Å². The largest absolute Gasteiger partial charge is 0.253 e. The summed E-state index contributed by atoms with van der Waals surface area (Å²) < 4.78 is 15.8. The summed E-state index contributed by atoms with van der Waals surface area (Å²) in [5.41, 5.74) is 6.02. The van der Waals surface area contributed by atoms with E-state index in [9.17, 15) is 4.39 Å². The number of rotatable bonds is 5. The molecule has 0 unspecified atom stereocenters. The number of hydrogen-bond donors (Lipinski definition) is 0. The first-order chi connectivity index (χ1) is 13.9. The summed E-state index contributed by atoms with van der Waals surface area (Å²) in [7, 11) is 0. The van der Waals surface area contributed by atoms with E-state index in [1.807, 2.05) is 13.8 Å². The number of aryl methyl sites for hydroxylation is 3. The summed E-state index contributed by atoms with van der Waals surface area (Å²) in [6, 6.07) is 13.2. The molecule has 2 heterocycles. The van der Waals surface area contributed by atoms with Crippen LogP contribution in [-0.4, -0.2) is 19.6 Å². The van der Waals surface area contributed by atoms with E-state index in [1.54, 1.807) is 16.6 Å². The Balaban J connectivity index is 1.62. The van der Waals surface area contributed by atoms with Gasteiger partial charge in [0, 0.05) is 34.1 Å². The lowest BCUT2D eigenvalue weighted by Gasteiger charge is -2.10. The van der Waals surface area contributed by atoms with E-state index in [4.69, 9.17) is 11.6 Å². The second-order valence-electron chi connectivity index (χ2n) is 7.02. The van der Waals surface area contributed by atoms with Crippen molar-refractivity contribution in [2.24, 2.45) is 0 Å². The molecule has 0 saturated carbocycles. The maximum Gasteiger partial charge on any atom is 0.253 e. The van der Waals surface area contributed by atoms with E-state index in [1.165, 1.54) is 29.0 Å². The van der Waals surface area contributed by atoms with Gasteiger partial charge in [-0.2, -0.15) is 4.98 Å². The van der Waals surface area contributed by atoms with Gasteiger partial charge in [0.2, 0.25) is 5.16 Å². The lowest BCUT2D eigenvalue weighted by Crippen LogP contribution is -2.06. The fraction of sp³-hybridized carbons (Fsp3) is 0.227. The van der Waals surface area contributed by atoms with Crippen molar-refractivity contribution in [1.82, 2.24) is 19.6 Å². The zero-order valence-electron chi connectivity index (χ0n) is 16.4. The standard InChI is InChI=1S/C22H20ClFN4S/c1-13-7-9-16(10-8-13)11-17-14(2)25-21-26-22(27-28(21)15(17)3)29-12-18-19(23)5-4-6-20(18)24/h4-10H,11-12H2,1-3H3. The van der Waals surface area contributed by atoms with Crippen LogP contribution in [0.25, 0.3) is 5.78 Å². The molecule has 4 nitrogen and oxygen atoms in total. The quantitative estimate of drug-likeness (QED) is 0.382. The van der Waals surface area contributed by atoms with Crippen molar-refractivity contribution in [3.8, 4) is 0 Å². The number of fused-ring (bicyclic) bond motifs is 1. The number of hydrogen-bond acceptors (Lipinski definition) is 4. The van der Waals surface area contributed by atoms with Gasteiger partial charge in [0.25, 0.3) is 5.78 Å². The number of halogens is 2. The van der Waals surface area contributed by atoms with Crippen LogP contribution in [0.1, 0.15) is 33.6 Å². The van der Waals surface area contributed by atoms with Crippen molar-refractivity contribution in [1.29, 1.82) is 0 Å². The van der Waals surface area contributed by atoms with Crippen LogP contribution in [0.2, 0.25) is 5.02 Å². The Labute approximate surface area is 178 Å². The van der Waals surface area contributed by atoms with Crippen LogP contribution in [0.5, 0.6) is 0 Å². The van der Waals surface area contributed by atoms with Crippen LogP contribution in [0.4, 0.5) is 4.39 Å². The second-order valence-corrected chi connectivity index (χ2v) is 8.37. The molecule has 0 amide bonds. The van der Waals surface area contributed by atoms with Crippen molar-refractivity contribution in [3.63, 3.8) is 0 Å². The molecule has 0 atom stereocenters. The number of thioether (sulfide) groups is 1. The Morgan fingerprint density at radius 3 is 2.48 bits per heavy atom. The van der Waals surface area contributed by atoms with Gasteiger partial charge < -0.3 is 0 Å². The zero-order valence-corrected chi connectivity index (χ0v) is 18.0. The molecule has 4 aromatic rings. The minimum absolute atomic E-state index is 0.320. The van der Waals surface area contributed by atoms with Gasteiger partial charge in [-0.05, 0) is 44.0 Å². The van der Waals surface area contributed by atoms with Gasteiger partial charge in [-0.15, -0.1) is 5.10 Å². The minimum atomic E-state index is -0.320. The van der Waals surface area contributed by atoms with Crippen molar-refractivity contribution in [3.05, 3.63) is 86.9 Å². The Bertz CT molecular complexity index is 1170. The normalized spacial score (nSPS) is 11.3. The van der Waals surface area contributed by atoms with Crippen LogP contribution < -0.4 is 0 Å². The number of nitrogens with zero attached hydrogens (tertiary/aromatic N) is 4. The molecule has 0 aliphatic heterocycles. The van der Waals surface area contributed by atoms with E-state index in [2.05, 4.69) is 46.3 Å². The third-order valence-corrected chi connectivity index (χ3v) is 6.16. The van der Waals surface area contributed by atoms with Crippen LogP contribution in [0.15, 0.2) is 47.6 Å². The maximum atomic E-state index is 14.0. The first-order valence-corrected chi connectivity index (χ1v) is 10.6. The van der Waals surface area contributed by atoms with Crippen molar-refractivity contribution >= 4 is 29.1 Å². The molecule has 0 radical (unpaired) electrons. The fourth-order valence-corrected chi connectivity index (χ4v) is 4.39. The Hall–Kier alpha value is -2.44. The highest BCUT2D eigenvalue weighted by atomic mass is 35.5. The van der Waals surface area contributed by atoms with Crippen molar-refractivity contribution in [2.75, 3.05) is 0 Å². The molecule has 0 N–H and O–H groups in total. The van der Waals surface area contributed by atoms with Gasteiger partial charge in [0.05, 0.1) is 0 Å². The highest BCUT2D eigenvalue weighted by Gasteiger charge is 2.15. The molecule has 0 aliphatic rings. The molecule has 0 bridgehead atoms. The van der Waals surface area contributed by atoms with Gasteiger partial charge in [-0.3, -0.25) is 0 Å². The second kappa shape index (κ2) is 8.13. The first kappa shape index (κ1) is 19.9. The molecule has 0 saturated heterocycles. The monoisotopic (exact) mass is 426 g/mol. The third kappa shape index (κ3) is 4.14. The highest BCUT2D eigenvalue weighted by Crippen LogP contribution is 2.27. The molecule has 0 fully saturated rings. The molecular weight excluding hydrogens is 407 g/mol. The zero-order chi connectivity index (χ0) is 20.5. The smallest absolute Gasteiger partial charge is 0.216 e. The topological polar surface area (TPSA) is 43.1 Å². The molecule has 4 rings (SSSR count). The van der Waals surface area contributed by atoms with Crippen molar-refractivity contribution in [2.45, 2.75) is 38.1 Å². The lowest BCUT2D eigenvalue weighted by atomic mass is 10.0. The third-order valence-electron chi connectivity index (χ3n) is 4.94. The fourth-order valence-electron chi connectivity index (χ4n) is 3.22. The molecule has 7 heteroatoms. The van der Waals surface area contributed by atoms with E-state index < -0.39 is 0 Å². The average molecular weight is 427 g/mol. The summed E-state index contributed by atoms with van der Waals surface area (Å²) >= 11 is 7.46. The molecule has 0 aliphatic carbocycles. The summed E-state index contributed by atoms with van der Waals surface area (Å²) in [5.74, 6) is 0.588. The molecule has 2 aromatic carbocycles. The predicted molar refractivity (Wildman–Crippen MR) is 115 cm³/mol. The maximum absolute atomic E-state index is 14.0. The first-order valence-electron chi connectivity index (χ1n) is 9.26. The van der Waals surface area contributed by atoms with E-state index in [0.717, 1.165) is 23.4 Å². The molecule has 0 spiro atoms. The predicted octanol–water partition coefficient (Wildman–Crippen LogP) is 5.73. The van der Waals surface area contributed by atoms with Gasteiger partial charge in [-0.25, -0.2) is 13.9 Å². The summed E-state index contributed by atoms with van der Waals surface area (Å²) in [5, 5.41) is 5.54. The lowest BCUT2D eigenvalue weighted by molar-refractivity contribution is 0.617. The summed E-state index contributed by atoms with van der Waals surface area (Å²) in [6.07, 6.45) is 0.786. The Morgan fingerprint density at radius 2 is 1.76 bits per heavy atom. The minimum Gasteiger partial charge on any atom is -0.216 e. The molecular formula is C22H20ClFN4S. The van der Waals surface area contributed by atoms with E-state index in [-0.39, 0.29) is 5.82 Å². The highest BCUT2D eigenvalue weighted by molar-refractivity contribution is 7.98. The molecule has 29 heavy (non-hydrogen) atoms. The van der Waals surface area contributed by atoms with Crippen LogP contribution in [-0.2, 0) is 12.2 Å². The number of benzene rings is 2. The van der Waals surface area contributed by atoms with E-state index in [0.29, 0.717) is 27.3 Å². The average Bonchev–Trinajstić information content (AvgIpc) is 3.09. The number of aromatic nitrogens is 4. The Morgan fingerprint density at radius 1 is 1.00 bits per heavy atom. The van der Waals surface area contributed by atoms with Gasteiger partial charge in [-0.1, -0.05) is 59.3 Å². The van der Waals surface area contributed by atoms with Gasteiger partial charge >= 0.3 is 0 Å². The summed E-state index contributed by atoms with van der Waals surface area (Å²) in [4.78, 5) is 9.14.